The molecule has 1 aromatic carbocycles. The summed E-state index contributed by atoms with van der Waals surface area (Å²) in [6.45, 7) is 3.10. The minimum Gasteiger partial charge on any atom is -0.310 e. The van der Waals surface area contributed by atoms with Crippen molar-refractivity contribution in [3.63, 3.8) is 0 Å². The predicted molar refractivity (Wildman–Crippen MR) is 73.8 cm³/mol. The van der Waals surface area contributed by atoms with Gasteiger partial charge in [0.05, 0.1) is 0 Å². The van der Waals surface area contributed by atoms with E-state index >= 15 is 0 Å². The van der Waals surface area contributed by atoms with Crippen LogP contribution in [0.1, 0.15) is 25.3 Å². The van der Waals surface area contributed by atoms with Crippen molar-refractivity contribution >= 4 is 33.6 Å². The first-order valence-corrected chi connectivity index (χ1v) is 6.68. The molecule has 1 fully saturated rings. The van der Waals surface area contributed by atoms with Crippen LogP contribution in [0, 0.1) is 0 Å². The van der Waals surface area contributed by atoms with Gasteiger partial charge in [0, 0.05) is 22.1 Å². The molecule has 0 unspecified atom stereocenters. The summed E-state index contributed by atoms with van der Waals surface area (Å²) >= 11 is 9.50. The first kappa shape index (κ1) is 12.2. The Kier molecular flexibility index (Phi) is 4.06. The van der Waals surface area contributed by atoms with Gasteiger partial charge in [-0.1, -0.05) is 39.2 Å². The lowest BCUT2D eigenvalue weighted by atomic mass is 10.1. The van der Waals surface area contributed by atoms with Gasteiger partial charge in [0.25, 0.3) is 0 Å². The van der Waals surface area contributed by atoms with Gasteiger partial charge < -0.3 is 5.32 Å². The third-order valence-electron chi connectivity index (χ3n) is 2.61. The SMILES string of the molecule is CC(=Cc1cc(Cl)ccc1Br)CNC1CC1. The minimum atomic E-state index is 0.756. The van der Waals surface area contributed by atoms with E-state index < -0.39 is 0 Å². The van der Waals surface area contributed by atoms with Crippen LogP contribution in [-0.4, -0.2) is 12.6 Å². The highest BCUT2D eigenvalue weighted by Crippen LogP contribution is 2.24. The number of rotatable bonds is 4. The molecule has 1 aliphatic carbocycles. The van der Waals surface area contributed by atoms with Gasteiger partial charge in [0.1, 0.15) is 0 Å². The maximum absolute atomic E-state index is 5.97. The van der Waals surface area contributed by atoms with Crippen molar-refractivity contribution in [1.82, 2.24) is 5.32 Å². The molecule has 0 heterocycles. The Bertz CT molecular complexity index is 410. The van der Waals surface area contributed by atoms with Crippen LogP contribution >= 0.6 is 27.5 Å². The molecular formula is C13H15BrClN. The van der Waals surface area contributed by atoms with Crippen LogP contribution < -0.4 is 5.32 Å². The molecular weight excluding hydrogens is 286 g/mol. The van der Waals surface area contributed by atoms with E-state index in [0.29, 0.717) is 0 Å². The van der Waals surface area contributed by atoms with E-state index in [1.54, 1.807) is 0 Å². The molecule has 16 heavy (non-hydrogen) atoms. The number of hydrogen-bond acceptors (Lipinski definition) is 1. The lowest BCUT2D eigenvalue weighted by molar-refractivity contribution is 0.736. The van der Waals surface area contributed by atoms with E-state index in [-0.39, 0.29) is 0 Å². The summed E-state index contributed by atoms with van der Waals surface area (Å²) in [6.07, 6.45) is 4.83. The van der Waals surface area contributed by atoms with E-state index in [0.717, 1.165) is 27.6 Å². The van der Waals surface area contributed by atoms with E-state index in [2.05, 4.69) is 34.2 Å². The van der Waals surface area contributed by atoms with Crippen molar-refractivity contribution in [3.05, 3.63) is 38.8 Å². The normalized spacial score (nSPS) is 16.6. The molecule has 0 radical (unpaired) electrons. The van der Waals surface area contributed by atoms with Crippen molar-refractivity contribution in [3.8, 4) is 0 Å². The molecule has 0 saturated heterocycles. The highest BCUT2D eigenvalue weighted by atomic mass is 79.9. The van der Waals surface area contributed by atoms with Gasteiger partial charge >= 0.3 is 0 Å². The van der Waals surface area contributed by atoms with Crippen LogP contribution in [0.25, 0.3) is 6.08 Å². The zero-order chi connectivity index (χ0) is 11.5. The Balaban J connectivity index is 2.04. The van der Waals surface area contributed by atoms with Crippen molar-refractivity contribution in [1.29, 1.82) is 0 Å². The summed E-state index contributed by atoms with van der Waals surface area (Å²) < 4.78 is 1.09. The van der Waals surface area contributed by atoms with Gasteiger partial charge in [-0.3, -0.25) is 0 Å². The molecule has 0 amide bonds. The quantitative estimate of drug-likeness (QED) is 0.876. The lowest BCUT2D eigenvalue weighted by Crippen LogP contribution is -2.18. The second-order valence-electron chi connectivity index (χ2n) is 4.31. The van der Waals surface area contributed by atoms with Crippen LogP contribution in [0.3, 0.4) is 0 Å². The molecule has 0 bridgehead atoms. The Labute approximate surface area is 110 Å². The third kappa shape index (κ3) is 3.62. The van der Waals surface area contributed by atoms with Crippen molar-refractivity contribution < 1.29 is 0 Å². The zero-order valence-corrected chi connectivity index (χ0v) is 11.6. The van der Waals surface area contributed by atoms with Gasteiger partial charge in [-0.15, -0.1) is 0 Å². The van der Waals surface area contributed by atoms with Crippen LogP contribution in [0.2, 0.25) is 5.02 Å². The summed E-state index contributed by atoms with van der Waals surface area (Å²) in [4.78, 5) is 0. The fourth-order valence-corrected chi connectivity index (χ4v) is 2.08. The summed E-state index contributed by atoms with van der Waals surface area (Å²) in [5, 5.41) is 4.27. The van der Waals surface area contributed by atoms with E-state index in [1.165, 1.54) is 18.4 Å². The lowest BCUT2D eigenvalue weighted by Gasteiger charge is -2.05. The second-order valence-corrected chi connectivity index (χ2v) is 5.60. The van der Waals surface area contributed by atoms with Crippen molar-refractivity contribution in [2.75, 3.05) is 6.54 Å². The Morgan fingerprint density at radius 2 is 2.31 bits per heavy atom. The minimum absolute atomic E-state index is 0.756. The highest BCUT2D eigenvalue weighted by molar-refractivity contribution is 9.10. The standard InChI is InChI=1S/C13H15BrClN/c1-9(8-16-12-3-4-12)6-10-7-11(15)2-5-13(10)14/h2,5-7,12,16H,3-4,8H2,1H3. The Morgan fingerprint density at radius 3 is 3.00 bits per heavy atom. The average Bonchev–Trinajstić information content (AvgIpc) is 3.04. The topological polar surface area (TPSA) is 12.0 Å². The average molecular weight is 301 g/mol. The van der Waals surface area contributed by atoms with E-state index in [4.69, 9.17) is 11.6 Å². The molecule has 1 aliphatic rings. The molecule has 0 spiro atoms. The molecule has 0 atom stereocenters. The van der Waals surface area contributed by atoms with Gasteiger partial charge in [0.15, 0.2) is 0 Å². The molecule has 2 rings (SSSR count). The second kappa shape index (κ2) is 5.35. The van der Waals surface area contributed by atoms with Crippen LogP contribution in [0.15, 0.2) is 28.2 Å². The molecule has 3 heteroatoms. The summed E-state index contributed by atoms with van der Waals surface area (Å²) in [7, 11) is 0. The number of benzene rings is 1. The Hall–Kier alpha value is -0.310. The molecule has 1 nitrogen and oxygen atoms in total. The predicted octanol–water partition coefficient (Wildman–Crippen LogP) is 4.26. The van der Waals surface area contributed by atoms with Crippen LogP contribution in [0.4, 0.5) is 0 Å². The van der Waals surface area contributed by atoms with Crippen LogP contribution in [-0.2, 0) is 0 Å². The van der Waals surface area contributed by atoms with Gasteiger partial charge in [-0.05, 0) is 43.5 Å². The summed E-state index contributed by atoms with van der Waals surface area (Å²) in [6, 6.07) is 6.61. The Morgan fingerprint density at radius 1 is 1.56 bits per heavy atom. The molecule has 0 aliphatic heterocycles. The zero-order valence-electron chi connectivity index (χ0n) is 9.26. The smallest absolute Gasteiger partial charge is 0.0412 e. The van der Waals surface area contributed by atoms with E-state index in [1.807, 2.05) is 18.2 Å². The maximum Gasteiger partial charge on any atom is 0.0412 e. The fourth-order valence-electron chi connectivity index (χ4n) is 1.53. The highest BCUT2D eigenvalue weighted by Gasteiger charge is 2.19. The molecule has 1 aromatic rings. The van der Waals surface area contributed by atoms with E-state index in [9.17, 15) is 0 Å². The summed E-state index contributed by atoms with van der Waals surface area (Å²) in [5.74, 6) is 0. The molecule has 1 saturated carbocycles. The molecule has 1 N–H and O–H groups in total. The van der Waals surface area contributed by atoms with Gasteiger partial charge in [-0.2, -0.15) is 0 Å². The number of nitrogens with one attached hydrogen (secondary N) is 1. The molecule has 0 aromatic heterocycles. The van der Waals surface area contributed by atoms with Crippen molar-refractivity contribution in [2.45, 2.75) is 25.8 Å². The van der Waals surface area contributed by atoms with Gasteiger partial charge in [-0.25, -0.2) is 0 Å². The maximum atomic E-state index is 5.97. The fraction of sp³-hybridized carbons (Fsp3) is 0.385. The monoisotopic (exact) mass is 299 g/mol. The largest absolute Gasteiger partial charge is 0.310 e. The van der Waals surface area contributed by atoms with Crippen molar-refractivity contribution in [2.24, 2.45) is 0 Å². The van der Waals surface area contributed by atoms with Gasteiger partial charge in [0.2, 0.25) is 0 Å². The number of halogens is 2. The summed E-state index contributed by atoms with van der Waals surface area (Å²) in [5.41, 5.74) is 2.47. The first-order chi connectivity index (χ1) is 7.65. The number of hydrogen-bond donors (Lipinski definition) is 1. The molecule has 86 valence electrons. The third-order valence-corrected chi connectivity index (χ3v) is 3.56. The van der Waals surface area contributed by atoms with Crippen LogP contribution in [0.5, 0.6) is 0 Å². The first-order valence-electron chi connectivity index (χ1n) is 5.51.